The summed E-state index contributed by atoms with van der Waals surface area (Å²) in [6.45, 7) is 4.82. The van der Waals surface area contributed by atoms with Gasteiger partial charge in [0.15, 0.2) is 5.58 Å². The second-order valence-corrected chi connectivity index (χ2v) is 6.29. The van der Waals surface area contributed by atoms with Crippen LogP contribution in [-0.2, 0) is 6.54 Å². The molecule has 5 heteroatoms. The Morgan fingerprint density at radius 2 is 1.70 bits per heavy atom. The lowest BCUT2D eigenvalue weighted by molar-refractivity contribution is 0.245. The van der Waals surface area contributed by atoms with Crippen molar-refractivity contribution in [2.24, 2.45) is 0 Å². The van der Waals surface area contributed by atoms with E-state index in [0.29, 0.717) is 0 Å². The molecule has 0 unspecified atom stereocenters. The first-order valence-corrected chi connectivity index (χ1v) is 8.23. The van der Waals surface area contributed by atoms with E-state index >= 15 is 0 Å². The summed E-state index contributed by atoms with van der Waals surface area (Å²) < 4.78 is 5.86. The molecular formula is C18H18ClN3O. The number of aromatic nitrogens is 1. The summed E-state index contributed by atoms with van der Waals surface area (Å²) in [5, 5.41) is 0.787. The van der Waals surface area contributed by atoms with Crippen molar-refractivity contribution >= 4 is 28.7 Å². The molecule has 23 heavy (non-hydrogen) atoms. The van der Waals surface area contributed by atoms with E-state index in [1.165, 1.54) is 5.56 Å². The van der Waals surface area contributed by atoms with Gasteiger partial charge in [-0.15, -0.1) is 0 Å². The molecule has 0 atom stereocenters. The maximum atomic E-state index is 5.94. The van der Waals surface area contributed by atoms with Crippen LogP contribution < -0.4 is 4.90 Å². The minimum Gasteiger partial charge on any atom is -0.423 e. The molecule has 0 N–H and O–H groups in total. The topological polar surface area (TPSA) is 32.5 Å². The molecular weight excluding hydrogens is 310 g/mol. The van der Waals surface area contributed by atoms with E-state index in [1.807, 2.05) is 36.4 Å². The summed E-state index contributed by atoms with van der Waals surface area (Å²) in [5.74, 6) is 0. The maximum absolute atomic E-state index is 5.94. The summed E-state index contributed by atoms with van der Waals surface area (Å²) in [4.78, 5) is 9.25. The zero-order chi connectivity index (χ0) is 15.6. The second-order valence-electron chi connectivity index (χ2n) is 5.85. The number of anilines is 1. The molecule has 1 saturated heterocycles. The third-order valence-corrected chi connectivity index (χ3v) is 4.50. The molecule has 1 aliphatic heterocycles. The van der Waals surface area contributed by atoms with Gasteiger partial charge < -0.3 is 9.32 Å². The third kappa shape index (κ3) is 3.19. The fourth-order valence-electron chi connectivity index (χ4n) is 2.94. The van der Waals surface area contributed by atoms with Gasteiger partial charge in [0.25, 0.3) is 6.01 Å². The van der Waals surface area contributed by atoms with E-state index in [2.05, 4.69) is 26.9 Å². The van der Waals surface area contributed by atoms with Gasteiger partial charge >= 0.3 is 0 Å². The smallest absolute Gasteiger partial charge is 0.298 e. The number of halogens is 1. The molecule has 0 spiro atoms. The van der Waals surface area contributed by atoms with Gasteiger partial charge in [-0.3, -0.25) is 4.90 Å². The Kier molecular flexibility index (Phi) is 3.93. The Labute approximate surface area is 140 Å². The highest BCUT2D eigenvalue weighted by molar-refractivity contribution is 6.30. The molecule has 0 aliphatic carbocycles. The molecule has 1 fully saturated rings. The molecule has 118 valence electrons. The van der Waals surface area contributed by atoms with E-state index < -0.39 is 0 Å². The van der Waals surface area contributed by atoms with Crippen LogP contribution in [0.15, 0.2) is 52.9 Å². The first-order valence-electron chi connectivity index (χ1n) is 7.85. The van der Waals surface area contributed by atoms with Crippen molar-refractivity contribution in [3.8, 4) is 0 Å². The molecule has 2 aromatic carbocycles. The molecule has 0 radical (unpaired) electrons. The summed E-state index contributed by atoms with van der Waals surface area (Å²) in [6, 6.07) is 16.7. The lowest BCUT2D eigenvalue weighted by atomic mass is 10.2. The van der Waals surface area contributed by atoms with Gasteiger partial charge in [0.05, 0.1) is 0 Å². The Bertz CT molecular complexity index is 758. The molecule has 0 saturated carbocycles. The number of benzene rings is 2. The molecule has 1 aromatic heterocycles. The number of oxazole rings is 1. The van der Waals surface area contributed by atoms with Gasteiger partial charge in [-0.2, -0.15) is 4.98 Å². The monoisotopic (exact) mass is 327 g/mol. The molecule has 4 rings (SSSR count). The summed E-state index contributed by atoms with van der Waals surface area (Å²) in [7, 11) is 0. The number of piperazine rings is 1. The largest absolute Gasteiger partial charge is 0.423 e. The number of hydrogen-bond acceptors (Lipinski definition) is 4. The van der Waals surface area contributed by atoms with Crippen LogP contribution in [0.5, 0.6) is 0 Å². The molecule has 0 amide bonds. The SMILES string of the molecule is Clc1ccc(CN2CCN(c3nc4ccccc4o3)CC2)cc1. The van der Waals surface area contributed by atoms with E-state index in [0.717, 1.165) is 54.9 Å². The van der Waals surface area contributed by atoms with Crippen molar-refractivity contribution in [3.63, 3.8) is 0 Å². The van der Waals surface area contributed by atoms with Gasteiger partial charge in [-0.1, -0.05) is 35.9 Å². The van der Waals surface area contributed by atoms with E-state index in [9.17, 15) is 0 Å². The fraction of sp³-hybridized carbons (Fsp3) is 0.278. The van der Waals surface area contributed by atoms with E-state index in [1.54, 1.807) is 0 Å². The summed E-state index contributed by atoms with van der Waals surface area (Å²) >= 11 is 5.94. The van der Waals surface area contributed by atoms with Crippen molar-refractivity contribution in [1.29, 1.82) is 0 Å². The predicted molar refractivity (Wildman–Crippen MR) is 93.0 cm³/mol. The molecule has 1 aliphatic rings. The van der Waals surface area contributed by atoms with Crippen molar-refractivity contribution < 1.29 is 4.42 Å². The molecule has 3 aromatic rings. The van der Waals surface area contributed by atoms with Gasteiger partial charge in [0.1, 0.15) is 5.52 Å². The number of hydrogen-bond donors (Lipinski definition) is 0. The quantitative estimate of drug-likeness (QED) is 0.732. The predicted octanol–water partition coefficient (Wildman–Crippen LogP) is 3.80. The highest BCUT2D eigenvalue weighted by atomic mass is 35.5. The molecule has 4 nitrogen and oxygen atoms in total. The van der Waals surface area contributed by atoms with Crippen LogP contribution in [0.2, 0.25) is 5.02 Å². The van der Waals surface area contributed by atoms with Crippen LogP contribution >= 0.6 is 11.6 Å². The Hall–Kier alpha value is -2.04. The molecule has 0 bridgehead atoms. The van der Waals surface area contributed by atoms with Crippen LogP contribution in [0.1, 0.15) is 5.56 Å². The highest BCUT2D eigenvalue weighted by Gasteiger charge is 2.21. The third-order valence-electron chi connectivity index (χ3n) is 4.24. The lowest BCUT2D eigenvalue weighted by Gasteiger charge is -2.33. The van der Waals surface area contributed by atoms with Crippen LogP contribution in [0.25, 0.3) is 11.1 Å². The van der Waals surface area contributed by atoms with E-state index in [-0.39, 0.29) is 0 Å². The van der Waals surface area contributed by atoms with Gasteiger partial charge in [0.2, 0.25) is 0 Å². The average molecular weight is 328 g/mol. The van der Waals surface area contributed by atoms with Crippen molar-refractivity contribution in [2.75, 3.05) is 31.1 Å². The lowest BCUT2D eigenvalue weighted by Crippen LogP contribution is -2.46. The number of para-hydroxylation sites is 2. The van der Waals surface area contributed by atoms with Crippen LogP contribution in [0, 0.1) is 0 Å². The standard InChI is InChI=1S/C18H18ClN3O/c19-15-7-5-14(6-8-15)13-21-9-11-22(12-10-21)18-20-16-3-1-2-4-17(16)23-18/h1-8H,9-13H2. The zero-order valence-electron chi connectivity index (χ0n) is 12.8. The number of nitrogens with zero attached hydrogens (tertiary/aromatic N) is 3. The fourth-order valence-corrected chi connectivity index (χ4v) is 3.07. The van der Waals surface area contributed by atoms with Crippen LogP contribution in [0.4, 0.5) is 6.01 Å². The summed E-state index contributed by atoms with van der Waals surface area (Å²) in [6.07, 6.45) is 0. The number of fused-ring (bicyclic) bond motifs is 1. The minimum atomic E-state index is 0.734. The van der Waals surface area contributed by atoms with Crippen molar-refractivity contribution in [3.05, 3.63) is 59.1 Å². The first-order chi connectivity index (χ1) is 11.3. The summed E-state index contributed by atoms with van der Waals surface area (Å²) in [5.41, 5.74) is 3.07. The second kappa shape index (κ2) is 6.22. The first kappa shape index (κ1) is 14.5. The minimum absolute atomic E-state index is 0.734. The zero-order valence-corrected chi connectivity index (χ0v) is 13.5. The van der Waals surface area contributed by atoms with Crippen LogP contribution in [-0.4, -0.2) is 36.1 Å². The van der Waals surface area contributed by atoms with Crippen molar-refractivity contribution in [1.82, 2.24) is 9.88 Å². The average Bonchev–Trinajstić information content (AvgIpc) is 3.02. The Balaban J connectivity index is 1.39. The van der Waals surface area contributed by atoms with Crippen LogP contribution in [0.3, 0.4) is 0 Å². The highest BCUT2D eigenvalue weighted by Crippen LogP contribution is 2.23. The van der Waals surface area contributed by atoms with Gasteiger partial charge in [0, 0.05) is 37.7 Å². The Morgan fingerprint density at radius 3 is 2.43 bits per heavy atom. The normalized spacial score (nSPS) is 16.1. The Morgan fingerprint density at radius 1 is 0.957 bits per heavy atom. The van der Waals surface area contributed by atoms with Gasteiger partial charge in [-0.05, 0) is 29.8 Å². The van der Waals surface area contributed by atoms with E-state index in [4.69, 9.17) is 16.0 Å². The van der Waals surface area contributed by atoms with Crippen molar-refractivity contribution in [2.45, 2.75) is 6.54 Å². The maximum Gasteiger partial charge on any atom is 0.298 e. The number of rotatable bonds is 3. The van der Waals surface area contributed by atoms with Gasteiger partial charge in [-0.25, -0.2) is 0 Å². The molecule has 2 heterocycles.